The zero-order valence-electron chi connectivity index (χ0n) is 20.9. The number of aliphatic imine (C=N–C) groups is 1. The summed E-state index contributed by atoms with van der Waals surface area (Å²) in [6.07, 6.45) is 2.43. The number of ether oxygens (including phenoxy) is 2. The number of hydrazone groups is 1. The van der Waals surface area contributed by atoms with Crippen molar-refractivity contribution < 1.29 is 19.4 Å². The SMILES string of the molecule is CC(C)N1N=CC2(C)C1=NC(c1cccc(OCC(O)CN(C)C(=O)OC(C)(C)C)c1)=CC2Cl. The summed E-state index contributed by atoms with van der Waals surface area (Å²) in [7, 11) is 1.58. The number of halogens is 1. The van der Waals surface area contributed by atoms with Crippen molar-refractivity contribution in [1.29, 1.82) is 0 Å². The lowest BCUT2D eigenvalue weighted by molar-refractivity contribution is 0.0154. The number of hydrogen-bond acceptors (Lipinski definition) is 7. The molecule has 2 aliphatic rings. The van der Waals surface area contributed by atoms with Crippen LogP contribution in [0.25, 0.3) is 5.70 Å². The number of amidine groups is 1. The molecule has 3 atom stereocenters. The lowest BCUT2D eigenvalue weighted by Gasteiger charge is -2.33. The highest BCUT2D eigenvalue weighted by Crippen LogP contribution is 2.40. The highest BCUT2D eigenvalue weighted by Gasteiger charge is 2.46. The fourth-order valence-electron chi connectivity index (χ4n) is 3.63. The Morgan fingerprint density at radius 3 is 2.71 bits per heavy atom. The van der Waals surface area contributed by atoms with Crippen molar-refractivity contribution in [2.24, 2.45) is 15.5 Å². The predicted octanol–water partition coefficient (Wildman–Crippen LogP) is 4.37. The van der Waals surface area contributed by atoms with E-state index >= 15 is 0 Å². The van der Waals surface area contributed by atoms with Gasteiger partial charge in [0.15, 0.2) is 0 Å². The highest BCUT2D eigenvalue weighted by atomic mass is 35.5. The first kappa shape index (κ1) is 26.0. The van der Waals surface area contributed by atoms with Gasteiger partial charge in [-0.25, -0.2) is 14.8 Å². The Kier molecular flexibility index (Phi) is 7.62. The third-order valence-corrected chi connectivity index (χ3v) is 6.08. The number of fused-ring (bicyclic) bond motifs is 1. The van der Waals surface area contributed by atoms with Crippen molar-refractivity contribution >= 4 is 35.4 Å². The summed E-state index contributed by atoms with van der Waals surface area (Å²) in [5, 5.41) is 16.5. The van der Waals surface area contributed by atoms with E-state index in [1.165, 1.54) is 4.90 Å². The number of aliphatic hydroxyl groups is 1. The van der Waals surface area contributed by atoms with Crippen molar-refractivity contribution in [3.05, 3.63) is 35.9 Å². The lowest BCUT2D eigenvalue weighted by atomic mass is 9.83. The number of amides is 1. The summed E-state index contributed by atoms with van der Waals surface area (Å²) < 4.78 is 11.1. The number of carbonyl (C=O) groups excluding carboxylic acids is 1. The van der Waals surface area contributed by atoms with E-state index < -0.39 is 23.2 Å². The van der Waals surface area contributed by atoms with Gasteiger partial charge in [0.25, 0.3) is 0 Å². The van der Waals surface area contributed by atoms with Crippen LogP contribution in [0.4, 0.5) is 4.79 Å². The minimum Gasteiger partial charge on any atom is -0.491 e. The Balaban J connectivity index is 1.66. The Morgan fingerprint density at radius 2 is 2.06 bits per heavy atom. The number of carbonyl (C=O) groups is 1. The molecule has 1 N–H and O–H groups in total. The smallest absolute Gasteiger partial charge is 0.410 e. The molecular weight excluding hydrogens is 456 g/mol. The standard InChI is InChI=1S/C25H35ClN4O4/c1-16(2)30-22-25(6,15-27-30)21(26)12-20(28-22)17-9-8-10-19(11-17)33-14-18(31)13-29(7)23(32)34-24(3,4)5/h8-12,15-16,18,21,31H,13-14H2,1-7H3. The molecular formula is C25H35ClN4O4. The molecule has 186 valence electrons. The van der Waals surface area contributed by atoms with E-state index in [1.807, 2.05) is 48.5 Å². The molecule has 9 heteroatoms. The van der Waals surface area contributed by atoms with Gasteiger partial charge in [-0.1, -0.05) is 12.1 Å². The van der Waals surface area contributed by atoms with Crippen molar-refractivity contribution in [3.8, 4) is 5.75 Å². The Morgan fingerprint density at radius 1 is 1.35 bits per heavy atom. The zero-order chi connectivity index (χ0) is 25.3. The van der Waals surface area contributed by atoms with Crippen LogP contribution in [0, 0.1) is 5.41 Å². The molecule has 34 heavy (non-hydrogen) atoms. The first-order valence-corrected chi connectivity index (χ1v) is 11.9. The molecule has 2 aliphatic heterocycles. The molecule has 1 aromatic rings. The molecule has 0 radical (unpaired) electrons. The second-order valence-electron chi connectivity index (χ2n) is 10.2. The van der Waals surface area contributed by atoms with Gasteiger partial charge in [0.2, 0.25) is 0 Å². The largest absolute Gasteiger partial charge is 0.491 e. The van der Waals surface area contributed by atoms with Crippen LogP contribution in [0.3, 0.4) is 0 Å². The Bertz CT molecular complexity index is 1000. The summed E-state index contributed by atoms with van der Waals surface area (Å²) in [6.45, 7) is 11.7. The molecule has 0 bridgehead atoms. The average molecular weight is 491 g/mol. The van der Waals surface area contributed by atoms with Crippen LogP contribution < -0.4 is 4.74 Å². The van der Waals surface area contributed by atoms with Crippen LogP contribution in [0.5, 0.6) is 5.75 Å². The number of hydrogen-bond donors (Lipinski definition) is 1. The van der Waals surface area contributed by atoms with Gasteiger partial charge in [-0.15, -0.1) is 11.6 Å². The zero-order valence-corrected chi connectivity index (χ0v) is 21.7. The van der Waals surface area contributed by atoms with Crippen molar-refractivity contribution in [3.63, 3.8) is 0 Å². The summed E-state index contributed by atoms with van der Waals surface area (Å²) in [5.74, 6) is 1.41. The van der Waals surface area contributed by atoms with E-state index in [0.29, 0.717) is 5.75 Å². The van der Waals surface area contributed by atoms with Gasteiger partial charge in [-0.3, -0.25) is 0 Å². The number of rotatable bonds is 7. The third-order valence-electron chi connectivity index (χ3n) is 5.50. The molecule has 0 aliphatic carbocycles. The van der Waals surface area contributed by atoms with Crippen LogP contribution in [-0.2, 0) is 4.74 Å². The maximum atomic E-state index is 12.1. The van der Waals surface area contributed by atoms with E-state index in [1.54, 1.807) is 27.8 Å². The van der Waals surface area contributed by atoms with Gasteiger partial charge in [0.05, 0.1) is 23.0 Å². The van der Waals surface area contributed by atoms with E-state index in [-0.39, 0.29) is 24.6 Å². The second kappa shape index (κ2) is 9.96. The molecule has 3 rings (SSSR count). The minimum absolute atomic E-state index is 0.0231. The van der Waals surface area contributed by atoms with Crippen molar-refractivity contribution in [2.45, 2.75) is 64.7 Å². The monoisotopic (exact) mass is 490 g/mol. The van der Waals surface area contributed by atoms with Gasteiger partial charge in [0, 0.05) is 24.9 Å². The van der Waals surface area contributed by atoms with Gasteiger partial charge in [-0.2, -0.15) is 5.10 Å². The fraction of sp³-hybridized carbons (Fsp3) is 0.560. The van der Waals surface area contributed by atoms with Gasteiger partial charge >= 0.3 is 6.09 Å². The van der Waals surface area contributed by atoms with Crippen LogP contribution in [0.1, 0.15) is 47.1 Å². The van der Waals surface area contributed by atoms with Crippen LogP contribution in [-0.4, -0.2) is 76.5 Å². The molecule has 0 saturated carbocycles. The maximum Gasteiger partial charge on any atom is 0.410 e. The molecule has 0 saturated heterocycles. The molecule has 0 fully saturated rings. The summed E-state index contributed by atoms with van der Waals surface area (Å²) >= 11 is 6.75. The average Bonchev–Trinajstić information content (AvgIpc) is 3.09. The van der Waals surface area contributed by atoms with Crippen molar-refractivity contribution in [1.82, 2.24) is 9.91 Å². The summed E-state index contributed by atoms with van der Waals surface area (Å²) in [5.41, 5.74) is 0.557. The normalized spacial score (nSPS) is 22.8. The van der Waals surface area contributed by atoms with E-state index in [2.05, 4.69) is 18.9 Å². The van der Waals surface area contributed by atoms with Gasteiger partial charge in [0.1, 0.15) is 29.9 Å². The highest BCUT2D eigenvalue weighted by molar-refractivity contribution is 6.28. The topological polar surface area (TPSA) is 87.0 Å². The molecule has 0 spiro atoms. The summed E-state index contributed by atoms with van der Waals surface area (Å²) in [6, 6.07) is 7.65. The molecule has 8 nitrogen and oxygen atoms in total. The maximum absolute atomic E-state index is 12.1. The molecule has 1 amide bonds. The Hall–Kier alpha value is -2.58. The Labute approximate surface area is 206 Å². The number of nitrogens with zero attached hydrogens (tertiary/aromatic N) is 4. The van der Waals surface area contributed by atoms with E-state index in [4.69, 9.17) is 26.1 Å². The fourth-order valence-corrected chi connectivity index (χ4v) is 3.90. The summed E-state index contributed by atoms with van der Waals surface area (Å²) in [4.78, 5) is 18.3. The van der Waals surface area contributed by atoms with Gasteiger partial charge in [-0.05, 0) is 59.8 Å². The molecule has 0 aromatic heterocycles. The van der Waals surface area contributed by atoms with E-state index in [0.717, 1.165) is 17.1 Å². The first-order chi connectivity index (χ1) is 15.8. The number of likely N-dealkylation sites (N-methyl/N-ethyl adjacent to an activating group) is 1. The minimum atomic E-state index is -0.876. The first-order valence-electron chi connectivity index (χ1n) is 11.4. The molecule has 1 aromatic carbocycles. The van der Waals surface area contributed by atoms with Crippen LogP contribution in [0.2, 0.25) is 0 Å². The molecule has 3 unspecified atom stereocenters. The third kappa shape index (κ3) is 5.91. The number of allylic oxidation sites excluding steroid dienone is 1. The number of aliphatic hydroxyl groups excluding tert-OH is 1. The van der Waals surface area contributed by atoms with E-state index in [9.17, 15) is 9.90 Å². The quantitative estimate of drug-likeness (QED) is 0.573. The van der Waals surface area contributed by atoms with Gasteiger partial charge < -0.3 is 19.5 Å². The van der Waals surface area contributed by atoms with Crippen molar-refractivity contribution in [2.75, 3.05) is 20.2 Å². The number of benzene rings is 1. The lowest BCUT2D eigenvalue weighted by Crippen LogP contribution is -2.44. The van der Waals surface area contributed by atoms with Crippen LogP contribution in [0.15, 0.2) is 40.4 Å². The molecule has 2 heterocycles. The number of alkyl halides is 1. The van der Waals surface area contributed by atoms with Crippen LogP contribution >= 0.6 is 11.6 Å². The second-order valence-corrected chi connectivity index (χ2v) is 10.7. The predicted molar refractivity (Wildman–Crippen MR) is 135 cm³/mol.